The predicted octanol–water partition coefficient (Wildman–Crippen LogP) is 3.50. The van der Waals surface area contributed by atoms with Crippen molar-refractivity contribution in [1.29, 1.82) is 0 Å². The molecule has 1 saturated heterocycles. The summed E-state index contributed by atoms with van der Waals surface area (Å²) in [7, 11) is 0. The van der Waals surface area contributed by atoms with Crippen LogP contribution in [0, 0.1) is 13.8 Å². The Balaban J connectivity index is 1.45. The van der Waals surface area contributed by atoms with Crippen LogP contribution in [0.1, 0.15) is 55.4 Å². The van der Waals surface area contributed by atoms with Crippen molar-refractivity contribution in [1.82, 2.24) is 29.5 Å². The van der Waals surface area contributed by atoms with Gasteiger partial charge in [-0.3, -0.25) is 19.5 Å². The summed E-state index contributed by atoms with van der Waals surface area (Å²) < 4.78 is 1.81. The molecular weight excluding hydrogens is 478 g/mol. The van der Waals surface area contributed by atoms with Gasteiger partial charge in [0, 0.05) is 69.7 Å². The van der Waals surface area contributed by atoms with Crippen molar-refractivity contribution in [2.24, 2.45) is 0 Å². The van der Waals surface area contributed by atoms with E-state index in [0.29, 0.717) is 44.5 Å². The minimum atomic E-state index is 0.0295. The van der Waals surface area contributed by atoms with E-state index in [1.54, 1.807) is 6.92 Å². The zero-order valence-electron chi connectivity index (χ0n) is 22.6. The second-order valence-electron chi connectivity index (χ2n) is 10.5. The molecule has 2 bridgehead atoms. The first-order chi connectivity index (χ1) is 18.4. The van der Waals surface area contributed by atoms with E-state index >= 15 is 0 Å². The van der Waals surface area contributed by atoms with Gasteiger partial charge in [-0.2, -0.15) is 5.10 Å². The molecule has 0 radical (unpaired) electrons. The number of nitrogens with zero attached hydrogens (tertiary/aromatic N) is 7. The average Bonchev–Trinajstić information content (AvgIpc) is 3.42. The van der Waals surface area contributed by atoms with E-state index in [4.69, 9.17) is 0 Å². The van der Waals surface area contributed by atoms with Gasteiger partial charge in [0.1, 0.15) is 11.6 Å². The summed E-state index contributed by atoms with van der Waals surface area (Å²) in [5.41, 5.74) is 3.12. The fraction of sp³-hybridized carbons (Fsp3) is 0.483. The summed E-state index contributed by atoms with van der Waals surface area (Å²) in [5, 5.41) is 4.44. The number of para-hydroxylation sites is 1. The predicted molar refractivity (Wildman–Crippen MR) is 145 cm³/mol. The number of fused-ring (bicyclic) bond motifs is 3. The molecule has 0 unspecified atom stereocenters. The van der Waals surface area contributed by atoms with Crippen LogP contribution in [-0.2, 0) is 29.2 Å². The number of carbonyl (C=O) groups is 2. The number of amides is 2. The molecule has 9 nitrogen and oxygen atoms in total. The second kappa shape index (κ2) is 11.4. The van der Waals surface area contributed by atoms with Crippen molar-refractivity contribution < 1.29 is 9.59 Å². The van der Waals surface area contributed by atoms with Crippen molar-refractivity contribution in [3.05, 3.63) is 71.6 Å². The minimum Gasteiger partial charge on any atom is -0.337 e. The molecule has 1 aromatic carbocycles. The Morgan fingerprint density at radius 1 is 1.00 bits per heavy atom. The zero-order valence-corrected chi connectivity index (χ0v) is 22.6. The number of anilines is 1. The molecule has 2 atom stereocenters. The molecule has 0 saturated carbocycles. The van der Waals surface area contributed by atoms with E-state index in [1.807, 2.05) is 65.0 Å². The van der Waals surface area contributed by atoms with Crippen LogP contribution >= 0.6 is 0 Å². The summed E-state index contributed by atoms with van der Waals surface area (Å²) in [6.45, 7) is 8.51. The highest BCUT2D eigenvalue weighted by atomic mass is 16.2. The third-order valence-corrected chi connectivity index (χ3v) is 7.88. The molecule has 0 spiro atoms. The molecule has 0 aliphatic carbocycles. The Hall–Kier alpha value is -3.59. The number of pyridine rings is 1. The first-order valence-electron chi connectivity index (χ1n) is 13.6. The molecule has 2 aliphatic heterocycles. The van der Waals surface area contributed by atoms with Gasteiger partial charge < -0.3 is 9.80 Å². The van der Waals surface area contributed by atoms with Gasteiger partial charge in [-0.1, -0.05) is 18.2 Å². The number of benzene rings is 1. The minimum absolute atomic E-state index is 0.0295. The standard InChI is InChI=1S/C29H37N7O2/c1-21-31-22(2)36(32-21)17-13-29(38)33-19-25-6-4-5-7-28(25)34(23(3)37)16-12-26-8-9-27(20-33)35(26)18-24-10-14-30-15-11-24/h4-7,10-11,14-15,26-27H,8-9,12-13,16-20H2,1-3H3/t26-,27+/m1/s1. The molecule has 9 heteroatoms. The number of aryl methyl sites for hydroxylation is 3. The van der Waals surface area contributed by atoms with E-state index in [0.717, 1.165) is 42.9 Å². The van der Waals surface area contributed by atoms with E-state index in [1.165, 1.54) is 5.56 Å². The highest BCUT2D eigenvalue weighted by Gasteiger charge is 2.36. The Bertz CT molecular complexity index is 1270. The quantitative estimate of drug-likeness (QED) is 0.517. The first-order valence-corrected chi connectivity index (χ1v) is 13.6. The van der Waals surface area contributed by atoms with Crippen LogP contribution in [0.2, 0.25) is 0 Å². The van der Waals surface area contributed by atoms with Gasteiger partial charge in [-0.15, -0.1) is 0 Å². The summed E-state index contributed by atoms with van der Waals surface area (Å²) in [6.07, 6.45) is 7.01. The lowest BCUT2D eigenvalue weighted by molar-refractivity contribution is -0.133. The van der Waals surface area contributed by atoms with E-state index < -0.39 is 0 Å². The van der Waals surface area contributed by atoms with Crippen LogP contribution in [0.5, 0.6) is 0 Å². The molecule has 200 valence electrons. The van der Waals surface area contributed by atoms with Crippen molar-refractivity contribution in [3.63, 3.8) is 0 Å². The van der Waals surface area contributed by atoms with Crippen molar-refractivity contribution in [2.45, 2.75) is 78.2 Å². The zero-order chi connectivity index (χ0) is 26.6. The van der Waals surface area contributed by atoms with Crippen LogP contribution in [0.15, 0.2) is 48.8 Å². The lowest BCUT2D eigenvalue weighted by Crippen LogP contribution is -2.45. The van der Waals surface area contributed by atoms with E-state index in [2.05, 4.69) is 32.1 Å². The van der Waals surface area contributed by atoms with Gasteiger partial charge in [0.25, 0.3) is 0 Å². The highest BCUT2D eigenvalue weighted by Crippen LogP contribution is 2.32. The Morgan fingerprint density at radius 2 is 1.76 bits per heavy atom. The molecule has 38 heavy (non-hydrogen) atoms. The fourth-order valence-corrected chi connectivity index (χ4v) is 5.96. The third-order valence-electron chi connectivity index (χ3n) is 7.88. The van der Waals surface area contributed by atoms with Crippen molar-refractivity contribution >= 4 is 17.5 Å². The SMILES string of the molecule is CC(=O)N1CC[C@H]2CC[C@@H](CN(C(=O)CCn3nc(C)nc3C)Cc3ccccc31)N2Cc1ccncc1. The molecule has 5 rings (SSSR count). The maximum atomic E-state index is 13.8. The number of rotatable bonds is 5. The fourth-order valence-electron chi connectivity index (χ4n) is 5.96. The number of aromatic nitrogens is 4. The van der Waals surface area contributed by atoms with Gasteiger partial charge in [0.2, 0.25) is 11.8 Å². The van der Waals surface area contributed by atoms with Gasteiger partial charge in [-0.05, 0) is 62.4 Å². The van der Waals surface area contributed by atoms with Crippen LogP contribution in [0.25, 0.3) is 0 Å². The van der Waals surface area contributed by atoms with Gasteiger partial charge in [0.15, 0.2) is 0 Å². The Labute approximate surface area is 224 Å². The molecular formula is C29H37N7O2. The smallest absolute Gasteiger partial charge is 0.224 e. The Morgan fingerprint density at radius 3 is 2.50 bits per heavy atom. The van der Waals surface area contributed by atoms with Gasteiger partial charge in [0.05, 0.1) is 6.54 Å². The topological polar surface area (TPSA) is 87.5 Å². The molecule has 4 heterocycles. The summed E-state index contributed by atoms with van der Waals surface area (Å²) in [5.74, 6) is 1.65. The maximum Gasteiger partial charge on any atom is 0.224 e. The summed E-state index contributed by atoms with van der Waals surface area (Å²) in [4.78, 5) is 41.6. The van der Waals surface area contributed by atoms with Crippen LogP contribution in [0.4, 0.5) is 5.69 Å². The normalized spacial score (nSPS) is 20.2. The van der Waals surface area contributed by atoms with Gasteiger partial charge >= 0.3 is 0 Å². The largest absolute Gasteiger partial charge is 0.337 e. The lowest BCUT2D eigenvalue weighted by atomic mass is 10.1. The Kier molecular flexibility index (Phi) is 7.83. The lowest BCUT2D eigenvalue weighted by Gasteiger charge is -2.34. The molecule has 2 aliphatic rings. The van der Waals surface area contributed by atoms with Crippen LogP contribution < -0.4 is 4.90 Å². The van der Waals surface area contributed by atoms with Crippen LogP contribution in [-0.4, -0.2) is 66.5 Å². The maximum absolute atomic E-state index is 13.8. The van der Waals surface area contributed by atoms with Gasteiger partial charge in [-0.25, -0.2) is 9.67 Å². The molecule has 3 aromatic rings. The molecule has 2 aromatic heterocycles. The molecule has 0 N–H and O–H groups in total. The average molecular weight is 516 g/mol. The van der Waals surface area contributed by atoms with Crippen molar-refractivity contribution in [3.8, 4) is 0 Å². The highest BCUT2D eigenvalue weighted by molar-refractivity contribution is 5.92. The van der Waals surface area contributed by atoms with Crippen molar-refractivity contribution in [2.75, 3.05) is 18.0 Å². The summed E-state index contributed by atoms with van der Waals surface area (Å²) in [6, 6.07) is 12.7. The third kappa shape index (κ3) is 5.78. The molecule has 1 fully saturated rings. The number of hydrogen-bond acceptors (Lipinski definition) is 6. The second-order valence-corrected chi connectivity index (χ2v) is 10.5. The number of hydrogen-bond donors (Lipinski definition) is 0. The monoisotopic (exact) mass is 515 g/mol. The molecule has 2 amide bonds. The summed E-state index contributed by atoms with van der Waals surface area (Å²) >= 11 is 0. The van der Waals surface area contributed by atoms with Crippen LogP contribution in [0.3, 0.4) is 0 Å². The first kappa shape index (κ1) is 26.0. The van der Waals surface area contributed by atoms with E-state index in [9.17, 15) is 9.59 Å². The number of carbonyl (C=O) groups excluding carboxylic acids is 2. The van der Waals surface area contributed by atoms with E-state index in [-0.39, 0.29) is 17.9 Å².